The van der Waals surface area contributed by atoms with Gasteiger partial charge in [-0.15, -0.1) is 11.3 Å². The van der Waals surface area contributed by atoms with Crippen molar-refractivity contribution < 1.29 is 38.1 Å². The van der Waals surface area contributed by atoms with Crippen molar-refractivity contribution >= 4 is 45.8 Å². The van der Waals surface area contributed by atoms with Crippen LogP contribution in [0.2, 0.25) is 0 Å². The summed E-state index contributed by atoms with van der Waals surface area (Å²) in [6.07, 6.45) is 3.46. The monoisotopic (exact) mass is 593 g/mol. The molecule has 3 aromatic rings. The summed E-state index contributed by atoms with van der Waals surface area (Å²) in [7, 11) is 2.93. The van der Waals surface area contributed by atoms with Crippen LogP contribution in [0.1, 0.15) is 63.4 Å². The Balaban J connectivity index is 1.43. The van der Waals surface area contributed by atoms with Crippen molar-refractivity contribution in [3.8, 4) is 17.2 Å². The van der Waals surface area contributed by atoms with Gasteiger partial charge in [0.25, 0.3) is 0 Å². The van der Waals surface area contributed by atoms with Gasteiger partial charge in [-0.1, -0.05) is 6.07 Å². The van der Waals surface area contributed by atoms with Crippen molar-refractivity contribution in [2.45, 2.75) is 39.5 Å². The summed E-state index contributed by atoms with van der Waals surface area (Å²) in [6, 6.07) is 11.3. The van der Waals surface area contributed by atoms with E-state index < -0.39 is 23.8 Å². The number of esters is 2. The molecule has 0 bridgehead atoms. The van der Waals surface area contributed by atoms with Crippen molar-refractivity contribution in [1.29, 1.82) is 0 Å². The van der Waals surface area contributed by atoms with Crippen molar-refractivity contribution in [1.82, 2.24) is 5.43 Å². The molecule has 42 heavy (non-hydrogen) atoms. The predicted molar refractivity (Wildman–Crippen MR) is 157 cm³/mol. The van der Waals surface area contributed by atoms with Gasteiger partial charge in [-0.25, -0.2) is 15.0 Å². The highest BCUT2D eigenvalue weighted by molar-refractivity contribution is 7.17. The van der Waals surface area contributed by atoms with Crippen LogP contribution in [-0.4, -0.2) is 50.3 Å². The van der Waals surface area contributed by atoms with Crippen LogP contribution in [0, 0.1) is 0 Å². The Morgan fingerprint density at radius 3 is 2.43 bits per heavy atom. The van der Waals surface area contributed by atoms with Crippen LogP contribution >= 0.6 is 11.3 Å². The van der Waals surface area contributed by atoms with Crippen LogP contribution in [0.4, 0.5) is 5.00 Å². The summed E-state index contributed by atoms with van der Waals surface area (Å²) >= 11 is 1.29. The van der Waals surface area contributed by atoms with Gasteiger partial charge in [0.1, 0.15) is 10.8 Å². The molecule has 1 aliphatic carbocycles. The van der Waals surface area contributed by atoms with Gasteiger partial charge in [0, 0.05) is 10.4 Å². The number of hydrazone groups is 1. The molecule has 0 saturated carbocycles. The molecule has 0 radical (unpaired) electrons. The number of fused-ring (bicyclic) bond motifs is 1. The topological polar surface area (TPSA) is 142 Å². The molecule has 0 atom stereocenters. The molecule has 2 aromatic carbocycles. The van der Waals surface area contributed by atoms with Crippen LogP contribution in [-0.2, 0) is 27.2 Å². The minimum absolute atomic E-state index is 0.182. The lowest BCUT2D eigenvalue weighted by molar-refractivity contribution is -0.136. The van der Waals surface area contributed by atoms with Crippen LogP contribution in [0.25, 0.3) is 0 Å². The standard InChI is InChI=1S/C30H31N3O8S/c1-5-40-30(37)25-21-11-6-7-12-24(21)42-28(25)31-26(34)27(35)33-32-17(2)18-13-14-22(23(16-18)39-4)41-29(36)19-9-8-10-20(15-19)38-3/h8-10,13-16H,5-7,11-12H2,1-4H3,(H,31,34)(H,33,35)/b32-17+. The lowest BCUT2D eigenvalue weighted by Gasteiger charge is -2.12. The Labute approximate surface area is 246 Å². The van der Waals surface area contributed by atoms with E-state index in [0.717, 1.165) is 29.7 Å². The number of hydrogen-bond donors (Lipinski definition) is 2. The zero-order valence-electron chi connectivity index (χ0n) is 23.7. The maximum atomic E-state index is 12.7. The fourth-order valence-corrected chi connectivity index (χ4v) is 5.64. The fourth-order valence-electron chi connectivity index (χ4n) is 4.37. The Bertz CT molecular complexity index is 1550. The van der Waals surface area contributed by atoms with Crippen molar-refractivity contribution in [2.24, 2.45) is 5.10 Å². The minimum Gasteiger partial charge on any atom is -0.497 e. The first-order valence-electron chi connectivity index (χ1n) is 13.3. The smallest absolute Gasteiger partial charge is 0.343 e. The molecular formula is C30H31N3O8S. The summed E-state index contributed by atoms with van der Waals surface area (Å²) in [4.78, 5) is 51.5. The van der Waals surface area contributed by atoms with E-state index in [-0.39, 0.29) is 18.1 Å². The number of benzene rings is 2. The van der Waals surface area contributed by atoms with Gasteiger partial charge >= 0.3 is 23.8 Å². The van der Waals surface area contributed by atoms with Gasteiger partial charge in [0.2, 0.25) is 0 Å². The lowest BCUT2D eigenvalue weighted by atomic mass is 9.95. The average molecular weight is 594 g/mol. The van der Waals surface area contributed by atoms with Gasteiger partial charge in [0.15, 0.2) is 11.5 Å². The Morgan fingerprint density at radius 1 is 0.905 bits per heavy atom. The molecule has 0 spiro atoms. The fraction of sp³-hybridized carbons (Fsp3) is 0.300. The summed E-state index contributed by atoms with van der Waals surface area (Å²) in [5, 5.41) is 6.88. The summed E-state index contributed by atoms with van der Waals surface area (Å²) in [5.74, 6) is -2.13. The third-order valence-corrected chi connectivity index (χ3v) is 7.71. The highest BCUT2D eigenvalue weighted by atomic mass is 32.1. The first-order valence-corrected chi connectivity index (χ1v) is 14.1. The van der Waals surface area contributed by atoms with Gasteiger partial charge in [-0.3, -0.25) is 9.59 Å². The second-order valence-corrected chi connectivity index (χ2v) is 10.3. The van der Waals surface area contributed by atoms with E-state index in [1.807, 2.05) is 0 Å². The zero-order valence-corrected chi connectivity index (χ0v) is 24.5. The first kappa shape index (κ1) is 30.3. The summed E-state index contributed by atoms with van der Waals surface area (Å²) in [6.45, 7) is 3.53. The van der Waals surface area contributed by atoms with Gasteiger partial charge in [0.05, 0.1) is 37.7 Å². The molecule has 0 fully saturated rings. The molecule has 0 unspecified atom stereocenters. The number of thiophene rings is 1. The van der Waals surface area contributed by atoms with Crippen molar-refractivity contribution in [3.63, 3.8) is 0 Å². The third-order valence-electron chi connectivity index (χ3n) is 6.50. The van der Waals surface area contributed by atoms with Gasteiger partial charge in [-0.2, -0.15) is 5.10 Å². The molecule has 2 N–H and O–H groups in total. The zero-order chi connectivity index (χ0) is 30.2. The molecule has 1 aromatic heterocycles. The summed E-state index contributed by atoms with van der Waals surface area (Å²) < 4.78 is 21.2. The Hall–Kier alpha value is -4.71. The predicted octanol–water partition coefficient (Wildman–Crippen LogP) is 4.52. The van der Waals surface area contributed by atoms with Crippen LogP contribution in [0.5, 0.6) is 17.2 Å². The van der Waals surface area contributed by atoms with E-state index in [9.17, 15) is 19.2 Å². The molecule has 4 rings (SSSR count). The molecule has 0 saturated heterocycles. The number of nitrogens with one attached hydrogen (secondary N) is 2. The SMILES string of the molecule is CCOC(=O)c1c(NC(=O)C(=O)N/N=C(\C)c2ccc(OC(=O)c3cccc(OC)c3)c(OC)c2)sc2c1CCCC2. The van der Waals surface area contributed by atoms with E-state index in [0.29, 0.717) is 39.6 Å². The van der Waals surface area contributed by atoms with E-state index in [1.165, 1.54) is 31.6 Å². The van der Waals surface area contributed by atoms with Crippen LogP contribution in [0.15, 0.2) is 47.6 Å². The van der Waals surface area contributed by atoms with Gasteiger partial charge < -0.3 is 24.3 Å². The van der Waals surface area contributed by atoms with Crippen molar-refractivity contribution in [3.05, 3.63) is 69.6 Å². The number of nitrogens with zero attached hydrogens (tertiary/aromatic N) is 1. The molecule has 220 valence electrons. The minimum atomic E-state index is -1.01. The number of methoxy groups -OCH3 is 2. The number of carbonyl (C=O) groups excluding carboxylic acids is 4. The number of ether oxygens (including phenoxy) is 4. The van der Waals surface area contributed by atoms with Gasteiger partial charge in [-0.05, 0) is 81.5 Å². The number of rotatable bonds is 9. The maximum absolute atomic E-state index is 12.7. The van der Waals surface area contributed by atoms with E-state index in [4.69, 9.17) is 18.9 Å². The molecule has 2 amide bonds. The third kappa shape index (κ3) is 6.95. The average Bonchev–Trinajstić information content (AvgIpc) is 3.37. The normalized spacial score (nSPS) is 12.5. The number of anilines is 1. The van der Waals surface area contributed by atoms with E-state index in [2.05, 4.69) is 15.8 Å². The highest BCUT2D eigenvalue weighted by Crippen LogP contribution is 2.38. The molecule has 1 heterocycles. The molecule has 11 nitrogen and oxygen atoms in total. The Morgan fingerprint density at radius 2 is 1.69 bits per heavy atom. The first-order chi connectivity index (χ1) is 20.2. The lowest BCUT2D eigenvalue weighted by Crippen LogP contribution is -2.33. The second kappa shape index (κ2) is 13.8. The number of carbonyl (C=O) groups is 4. The molecule has 0 aliphatic heterocycles. The quantitative estimate of drug-likeness (QED) is 0.121. The van der Waals surface area contributed by atoms with Crippen molar-refractivity contribution in [2.75, 3.05) is 26.1 Å². The Kier molecular flexibility index (Phi) is 9.92. The van der Waals surface area contributed by atoms with Crippen LogP contribution < -0.4 is 25.0 Å². The number of amides is 2. The number of aryl methyl sites for hydroxylation is 1. The largest absolute Gasteiger partial charge is 0.497 e. The van der Waals surface area contributed by atoms with E-state index in [1.54, 1.807) is 50.2 Å². The molecular weight excluding hydrogens is 562 g/mol. The number of hydrogen-bond acceptors (Lipinski definition) is 10. The van der Waals surface area contributed by atoms with E-state index >= 15 is 0 Å². The maximum Gasteiger partial charge on any atom is 0.343 e. The molecule has 12 heteroatoms. The van der Waals surface area contributed by atoms with Crippen LogP contribution in [0.3, 0.4) is 0 Å². The highest BCUT2D eigenvalue weighted by Gasteiger charge is 2.28. The summed E-state index contributed by atoms with van der Waals surface area (Å²) in [5.41, 5.74) is 4.64. The second-order valence-electron chi connectivity index (χ2n) is 9.21. The molecule has 1 aliphatic rings.